The van der Waals surface area contributed by atoms with E-state index >= 15 is 0 Å². The van der Waals surface area contributed by atoms with Gasteiger partial charge in [0.25, 0.3) is 0 Å². The first-order valence-corrected chi connectivity index (χ1v) is 7.00. The van der Waals surface area contributed by atoms with Crippen molar-refractivity contribution in [2.45, 2.75) is 17.7 Å². The van der Waals surface area contributed by atoms with E-state index < -0.39 is 16.0 Å². The van der Waals surface area contributed by atoms with Crippen LogP contribution in [0, 0.1) is 0 Å². The van der Waals surface area contributed by atoms with Crippen LogP contribution < -0.4 is 5.73 Å². The smallest absolute Gasteiger partial charge is 0.335 e. The molecule has 1 aliphatic heterocycles. The van der Waals surface area contributed by atoms with Crippen LogP contribution in [0.5, 0.6) is 0 Å². The van der Waals surface area contributed by atoms with Gasteiger partial charge in [-0.05, 0) is 31.0 Å². The molecule has 0 spiro atoms. The number of sulfonamides is 1. The van der Waals surface area contributed by atoms with Gasteiger partial charge in [0.1, 0.15) is 4.90 Å². The summed E-state index contributed by atoms with van der Waals surface area (Å²) in [5.74, 6) is -1.13. The average molecular weight is 270 g/mol. The molecule has 3 N–H and O–H groups in total. The molecule has 0 aromatic heterocycles. The van der Waals surface area contributed by atoms with Crippen molar-refractivity contribution < 1.29 is 18.3 Å². The molecule has 2 rings (SSSR count). The van der Waals surface area contributed by atoms with Crippen molar-refractivity contribution in [2.24, 2.45) is 0 Å². The second-order valence-corrected chi connectivity index (χ2v) is 6.08. The Morgan fingerprint density at radius 3 is 2.39 bits per heavy atom. The van der Waals surface area contributed by atoms with E-state index in [1.54, 1.807) is 0 Å². The second-order valence-electron chi connectivity index (χ2n) is 4.17. The van der Waals surface area contributed by atoms with Crippen molar-refractivity contribution in [3.05, 3.63) is 23.8 Å². The van der Waals surface area contributed by atoms with Gasteiger partial charge in [0, 0.05) is 13.1 Å². The predicted octanol–water partition coefficient (Wildman–Crippen LogP) is 0.751. The van der Waals surface area contributed by atoms with Crippen molar-refractivity contribution in [2.75, 3.05) is 18.8 Å². The molecule has 1 aromatic rings. The molecule has 0 radical (unpaired) electrons. The van der Waals surface area contributed by atoms with Crippen molar-refractivity contribution in [1.82, 2.24) is 4.31 Å². The zero-order valence-corrected chi connectivity index (χ0v) is 10.5. The first-order chi connectivity index (χ1) is 8.43. The number of anilines is 1. The third-order valence-corrected chi connectivity index (χ3v) is 4.91. The molecule has 98 valence electrons. The number of nitrogens with zero attached hydrogens (tertiary/aromatic N) is 1. The van der Waals surface area contributed by atoms with Crippen LogP contribution in [-0.4, -0.2) is 36.9 Å². The van der Waals surface area contributed by atoms with Gasteiger partial charge < -0.3 is 10.8 Å². The van der Waals surface area contributed by atoms with E-state index in [9.17, 15) is 13.2 Å². The summed E-state index contributed by atoms with van der Waals surface area (Å²) in [6.45, 7) is 0.977. The number of carboxylic acid groups (broad SMARTS) is 1. The first kappa shape index (κ1) is 12.8. The average Bonchev–Trinajstić information content (AvgIpc) is 2.82. The topological polar surface area (TPSA) is 101 Å². The number of hydrogen-bond donors (Lipinski definition) is 2. The van der Waals surface area contributed by atoms with Gasteiger partial charge in [0.05, 0.1) is 11.3 Å². The van der Waals surface area contributed by atoms with Gasteiger partial charge in [-0.2, -0.15) is 4.31 Å². The van der Waals surface area contributed by atoms with E-state index in [0.29, 0.717) is 13.1 Å². The van der Waals surface area contributed by atoms with Gasteiger partial charge in [0.15, 0.2) is 0 Å². The highest BCUT2D eigenvalue weighted by atomic mass is 32.2. The number of nitrogens with two attached hydrogens (primary N) is 1. The highest BCUT2D eigenvalue weighted by Crippen LogP contribution is 2.26. The fraction of sp³-hybridized carbons (Fsp3) is 0.364. The number of hydrogen-bond acceptors (Lipinski definition) is 4. The van der Waals surface area contributed by atoms with E-state index in [4.69, 9.17) is 10.8 Å². The molecular weight excluding hydrogens is 256 g/mol. The Morgan fingerprint density at radius 1 is 1.28 bits per heavy atom. The summed E-state index contributed by atoms with van der Waals surface area (Å²) >= 11 is 0. The Bertz CT molecular complexity index is 577. The van der Waals surface area contributed by atoms with Gasteiger partial charge in [-0.15, -0.1) is 0 Å². The summed E-state index contributed by atoms with van der Waals surface area (Å²) in [6.07, 6.45) is 1.68. The molecule has 0 aliphatic carbocycles. The fourth-order valence-electron chi connectivity index (χ4n) is 1.98. The van der Waals surface area contributed by atoms with Gasteiger partial charge in [-0.1, -0.05) is 0 Å². The van der Waals surface area contributed by atoms with Gasteiger partial charge in [-0.25, -0.2) is 13.2 Å². The Labute approximate surface area is 105 Å². The van der Waals surface area contributed by atoms with Gasteiger partial charge in [0.2, 0.25) is 10.0 Å². The van der Waals surface area contributed by atoms with E-state index in [2.05, 4.69) is 0 Å². The minimum absolute atomic E-state index is 0.0191. The third kappa shape index (κ3) is 2.19. The maximum atomic E-state index is 12.2. The lowest BCUT2D eigenvalue weighted by Crippen LogP contribution is -2.28. The number of nitrogen functional groups attached to an aromatic ring is 1. The summed E-state index contributed by atoms with van der Waals surface area (Å²) in [7, 11) is -3.60. The second kappa shape index (κ2) is 4.58. The highest BCUT2D eigenvalue weighted by Gasteiger charge is 2.29. The molecule has 18 heavy (non-hydrogen) atoms. The Hall–Kier alpha value is -1.60. The van der Waals surface area contributed by atoms with Crippen LogP contribution >= 0.6 is 0 Å². The van der Waals surface area contributed by atoms with Crippen molar-refractivity contribution in [1.29, 1.82) is 0 Å². The van der Waals surface area contributed by atoms with E-state index in [1.807, 2.05) is 0 Å². The molecule has 1 aromatic carbocycles. The normalized spacial score (nSPS) is 16.9. The lowest BCUT2D eigenvalue weighted by Gasteiger charge is -2.16. The number of rotatable bonds is 3. The molecule has 0 bridgehead atoms. The molecule has 0 unspecified atom stereocenters. The van der Waals surface area contributed by atoms with Gasteiger partial charge in [-0.3, -0.25) is 0 Å². The molecule has 0 saturated carbocycles. The summed E-state index contributed by atoms with van der Waals surface area (Å²) in [5, 5.41) is 8.80. The lowest BCUT2D eigenvalue weighted by atomic mass is 10.2. The van der Waals surface area contributed by atoms with Crippen LogP contribution in [0.1, 0.15) is 23.2 Å². The Balaban J connectivity index is 2.42. The van der Waals surface area contributed by atoms with Gasteiger partial charge >= 0.3 is 5.97 Å². The molecule has 7 heteroatoms. The zero-order chi connectivity index (χ0) is 13.3. The van der Waals surface area contributed by atoms with Crippen molar-refractivity contribution in [3.8, 4) is 0 Å². The highest BCUT2D eigenvalue weighted by molar-refractivity contribution is 7.89. The first-order valence-electron chi connectivity index (χ1n) is 5.56. The fourth-order valence-corrected chi connectivity index (χ4v) is 3.60. The monoisotopic (exact) mass is 270 g/mol. The van der Waals surface area contributed by atoms with Crippen molar-refractivity contribution in [3.63, 3.8) is 0 Å². The molecule has 1 aliphatic rings. The SMILES string of the molecule is Nc1cc(C(=O)O)ccc1S(=O)(=O)N1CCCC1. The minimum atomic E-state index is -3.60. The van der Waals surface area contributed by atoms with Crippen LogP contribution in [0.2, 0.25) is 0 Å². The molecular formula is C11H14N2O4S. The summed E-state index contributed by atoms with van der Waals surface area (Å²) in [6, 6.07) is 3.68. The molecule has 1 heterocycles. The maximum absolute atomic E-state index is 12.2. The predicted molar refractivity (Wildman–Crippen MR) is 65.8 cm³/mol. The Morgan fingerprint density at radius 2 is 1.89 bits per heavy atom. The van der Waals surface area contributed by atoms with E-state index in [0.717, 1.165) is 12.8 Å². The molecule has 0 amide bonds. The van der Waals surface area contributed by atoms with Crippen LogP contribution in [0.25, 0.3) is 0 Å². The molecule has 0 atom stereocenters. The quantitative estimate of drug-likeness (QED) is 0.789. The molecule has 1 saturated heterocycles. The number of aromatic carboxylic acids is 1. The summed E-state index contributed by atoms with van der Waals surface area (Å²) in [4.78, 5) is 10.7. The van der Waals surface area contributed by atoms with Crippen LogP contribution in [0.15, 0.2) is 23.1 Å². The van der Waals surface area contributed by atoms with Crippen LogP contribution in [-0.2, 0) is 10.0 Å². The zero-order valence-electron chi connectivity index (χ0n) is 9.67. The van der Waals surface area contributed by atoms with Crippen molar-refractivity contribution >= 4 is 21.7 Å². The lowest BCUT2D eigenvalue weighted by molar-refractivity contribution is 0.0697. The van der Waals surface area contributed by atoms with E-state index in [1.165, 1.54) is 22.5 Å². The Kier molecular flexibility index (Phi) is 3.27. The number of benzene rings is 1. The summed E-state index contributed by atoms with van der Waals surface area (Å²) in [5.41, 5.74) is 5.60. The standard InChI is InChI=1S/C11H14N2O4S/c12-9-7-8(11(14)15)3-4-10(9)18(16,17)13-5-1-2-6-13/h3-4,7H,1-2,5-6,12H2,(H,14,15). The molecule has 6 nitrogen and oxygen atoms in total. The maximum Gasteiger partial charge on any atom is 0.335 e. The van der Waals surface area contributed by atoms with E-state index in [-0.39, 0.29) is 16.1 Å². The minimum Gasteiger partial charge on any atom is -0.478 e. The van der Waals surface area contributed by atoms with Crippen LogP contribution in [0.4, 0.5) is 5.69 Å². The van der Waals surface area contributed by atoms with Crippen LogP contribution in [0.3, 0.4) is 0 Å². The largest absolute Gasteiger partial charge is 0.478 e. The summed E-state index contributed by atoms with van der Waals surface area (Å²) < 4.78 is 25.8. The third-order valence-electron chi connectivity index (χ3n) is 2.94. The number of carbonyl (C=O) groups is 1. The number of carboxylic acids is 1. The molecule has 1 fully saturated rings.